The molecule has 3 heterocycles. The number of amides is 2. The number of benzene rings is 1. The number of aryl methyl sites for hydroxylation is 1. The van der Waals surface area contributed by atoms with Crippen LogP contribution in [0.1, 0.15) is 28.5 Å². The van der Waals surface area contributed by atoms with E-state index in [1.807, 2.05) is 47.3 Å². The number of nitrogens with one attached hydrogen (secondary N) is 1. The van der Waals surface area contributed by atoms with Gasteiger partial charge in [-0.1, -0.05) is 11.3 Å². The molecule has 0 atom stereocenters. The molecule has 0 aliphatic heterocycles. The highest BCUT2D eigenvalue weighted by atomic mass is 32.1. The smallest absolute Gasteiger partial charge is 0.253 e. The average Bonchev–Trinajstić information content (AvgIpc) is 3.39. The van der Waals surface area contributed by atoms with E-state index in [4.69, 9.17) is 5.10 Å². The SMILES string of the molecule is CC(=O)Nc1nc2c(s1)-c1c(c(-c3cccnc3)nn1-c1ccc(C(=O)N(C)C)cc1)CC2. The van der Waals surface area contributed by atoms with Gasteiger partial charge >= 0.3 is 0 Å². The van der Waals surface area contributed by atoms with Crippen molar-refractivity contribution in [3.05, 3.63) is 65.6 Å². The first-order chi connectivity index (χ1) is 15.9. The number of thiazole rings is 1. The molecule has 3 aromatic heterocycles. The zero-order valence-corrected chi connectivity index (χ0v) is 19.3. The summed E-state index contributed by atoms with van der Waals surface area (Å²) in [5.41, 5.74) is 6.34. The molecule has 2 amide bonds. The van der Waals surface area contributed by atoms with Crippen molar-refractivity contribution >= 4 is 28.3 Å². The minimum absolute atomic E-state index is 0.0511. The lowest BCUT2D eigenvalue weighted by atomic mass is 9.95. The van der Waals surface area contributed by atoms with E-state index >= 15 is 0 Å². The Kier molecular flexibility index (Phi) is 5.26. The molecule has 8 nitrogen and oxygen atoms in total. The number of pyridine rings is 1. The Morgan fingerprint density at radius 1 is 1.12 bits per heavy atom. The summed E-state index contributed by atoms with van der Waals surface area (Å²) >= 11 is 1.46. The molecule has 0 saturated heterocycles. The number of hydrogen-bond donors (Lipinski definition) is 1. The molecule has 1 aliphatic rings. The van der Waals surface area contributed by atoms with Crippen LogP contribution >= 0.6 is 11.3 Å². The minimum Gasteiger partial charge on any atom is -0.345 e. The Hall–Kier alpha value is -3.85. The van der Waals surface area contributed by atoms with E-state index in [9.17, 15) is 9.59 Å². The van der Waals surface area contributed by atoms with Crippen molar-refractivity contribution in [2.24, 2.45) is 0 Å². The lowest BCUT2D eigenvalue weighted by Crippen LogP contribution is -2.21. The van der Waals surface area contributed by atoms with E-state index in [1.54, 1.807) is 25.2 Å². The summed E-state index contributed by atoms with van der Waals surface area (Å²) in [5, 5.41) is 8.38. The Balaban J connectivity index is 1.67. The topological polar surface area (TPSA) is 93.0 Å². The maximum absolute atomic E-state index is 12.3. The summed E-state index contributed by atoms with van der Waals surface area (Å²) in [5.74, 6) is -0.197. The molecule has 0 unspecified atom stereocenters. The Bertz CT molecular complexity index is 1360. The highest BCUT2D eigenvalue weighted by molar-refractivity contribution is 7.19. The van der Waals surface area contributed by atoms with Crippen LogP contribution < -0.4 is 5.32 Å². The Morgan fingerprint density at radius 2 is 1.91 bits per heavy atom. The maximum atomic E-state index is 12.3. The Morgan fingerprint density at radius 3 is 2.58 bits per heavy atom. The van der Waals surface area contributed by atoms with Crippen LogP contribution in [-0.4, -0.2) is 50.6 Å². The van der Waals surface area contributed by atoms with Gasteiger partial charge in [0.2, 0.25) is 5.91 Å². The number of rotatable bonds is 4. The molecule has 1 aliphatic carbocycles. The number of nitrogens with zero attached hydrogens (tertiary/aromatic N) is 5. The van der Waals surface area contributed by atoms with Gasteiger partial charge in [0.25, 0.3) is 5.91 Å². The van der Waals surface area contributed by atoms with Crippen molar-refractivity contribution in [2.75, 3.05) is 19.4 Å². The van der Waals surface area contributed by atoms with Crippen LogP contribution in [0.15, 0.2) is 48.8 Å². The minimum atomic E-state index is -0.146. The summed E-state index contributed by atoms with van der Waals surface area (Å²) < 4.78 is 1.91. The first kappa shape index (κ1) is 21.0. The van der Waals surface area contributed by atoms with E-state index in [0.29, 0.717) is 10.7 Å². The van der Waals surface area contributed by atoms with Gasteiger partial charge in [0.05, 0.1) is 27.6 Å². The van der Waals surface area contributed by atoms with Crippen LogP contribution in [0.3, 0.4) is 0 Å². The molecule has 33 heavy (non-hydrogen) atoms. The second-order valence-corrected chi connectivity index (χ2v) is 9.05. The summed E-state index contributed by atoms with van der Waals surface area (Å²) in [7, 11) is 3.47. The molecule has 166 valence electrons. The normalized spacial score (nSPS) is 12.1. The number of hydrogen-bond acceptors (Lipinski definition) is 6. The standard InChI is InChI=1S/C24H22N6O2S/c1-14(31)26-24-27-19-11-10-18-20(16-5-4-12-25-13-16)28-30(21(18)22(19)33-24)17-8-6-15(7-9-17)23(32)29(2)3/h4-9,12-13H,10-11H2,1-3H3,(H,26,27,31). The van der Waals surface area contributed by atoms with Gasteiger partial charge in [0.15, 0.2) is 5.13 Å². The monoisotopic (exact) mass is 458 g/mol. The van der Waals surface area contributed by atoms with Gasteiger partial charge in [-0.05, 0) is 49.2 Å². The van der Waals surface area contributed by atoms with Gasteiger partial charge in [-0.3, -0.25) is 14.6 Å². The predicted molar refractivity (Wildman–Crippen MR) is 128 cm³/mol. The van der Waals surface area contributed by atoms with Crippen LogP contribution in [-0.2, 0) is 17.6 Å². The van der Waals surface area contributed by atoms with Gasteiger partial charge in [-0.15, -0.1) is 0 Å². The van der Waals surface area contributed by atoms with Gasteiger partial charge in [-0.25, -0.2) is 9.67 Å². The molecule has 1 N–H and O–H groups in total. The molecule has 0 bridgehead atoms. The number of carbonyl (C=O) groups excluding carboxylic acids is 2. The third-order valence-corrected chi connectivity index (χ3v) is 6.51. The van der Waals surface area contributed by atoms with Crippen molar-refractivity contribution in [1.82, 2.24) is 24.6 Å². The second-order valence-electron chi connectivity index (χ2n) is 8.05. The number of fused-ring (bicyclic) bond motifs is 3. The lowest BCUT2D eigenvalue weighted by molar-refractivity contribution is -0.114. The molecule has 5 rings (SSSR count). The summed E-state index contributed by atoms with van der Waals surface area (Å²) in [6, 6.07) is 11.3. The number of anilines is 1. The second kappa shape index (κ2) is 8.25. The third kappa shape index (κ3) is 3.80. The molecule has 9 heteroatoms. The van der Waals surface area contributed by atoms with Crippen molar-refractivity contribution in [3.8, 4) is 27.5 Å². The van der Waals surface area contributed by atoms with Gasteiger partial charge in [-0.2, -0.15) is 5.10 Å². The quantitative estimate of drug-likeness (QED) is 0.502. The maximum Gasteiger partial charge on any atom is 0.253 e. The molecule has 0 fully saturated rings. The predicted octanol–water partition coefficient (Wildman–Crippen LogP) is 3.82. The summed E-state index contributed by atoms with van der Waals surface area (Å²) in [6.45, 7) is 1.48. The van der Waals surface area contributed by atoms with Crippen molar-refractivity contribution in [1.29, 1.82) is 0 Å². The van der Waals surface area contributed by atoms with E-state index in [-0.39, 0.29) is 11.8 Å². The van der Waals surface area contributed by atoms with E-state index in [0.717, 1.165) is 51.6 Å². The fraction of sp³-hybridized carbons (Fsp3) is 0.208. The van der Waals surface area contributed by atoms with E-state index in [2.05, 4.69) is 15.3 Å². The fourth-order valence-corrected chi connectivity index (χ4v) is 5.11. The fourth-order valence-electron chi connectivity index (χ4n) is 4.00. The van der Waals surface area contributed by atoms with Crippen LogP contribution in [0.2, 0.25) is 0 Å². The average molecular weight is 459 g/mol. The van der Waals surface area contributed by atoms with Crippen LogP contribution in [0.5, 0.6) is 0 Å². The largest absolute Gasteiger partial charge is 0.345 e. The zero-order valence-electron chi connectivity index (χ0n) is 18.5. The molecule has 1 aromatic carbocycles. The summed E-state index contributed by atoms with van der Waals surface area (Å²) in [4.78, 5) is 35.4. The van der Waals surface area contributed by atoms with Gasteiger partial charge in [0.1, 0.15) is 0 Å². The highest BCUT2D eigenvalue weighted by Gasteiger charge is 2.30. The van der Waals surface area contributed by atoms with Crippen molar-refractivity contribution in [2.45, 2.75) is 19.8 Å². The molecule has 4 aromatic rings. The lowest BCUT2D eigenvalue weighted by Gasteiger charge is -2.15. The van der Waals surface area contributed by atoms with E-state index < -0.39 is 0 Å². The number of carbonyl (C=O) groups is 2. The van der Waals surface area contributed by atoms with Gasteiger partial charge in [0, 0.05) is 50.1 Å². The van der Waals surface area contributed by atoms with Crippen LogP contribution in [0.25, 0.3) is 27.5 Å². The molecule has 0 saturated carbocycles. The van der Waals surface area contributed by atoms with Crippen LogP contribution in [0, 0.1) is 0 Å². The molecular formula is C24H22N6O2S. The Labute approximate surface area is 194 Å². The first-order valence-electron chi connectivity index (χ1n) is 10.5. The van der Waals surface area contributed by atoms with Crippen molar-refractivity contribution < 1.29 is 9.59 Å². The van der Waals surface area contributed by atoms with Crippen LogP contribution in [0.4, 0.5) is 5.13 Å². The van der Waals surface area contributed by atoms with Gasteiger partial charge < -0.3 is 10.2 Å². The highest BCUT2D eigenvalue weighted by Crippen LogP contribution is 2.44. The van der Waals surface area contributed by atoms with E-state index in [1.165, 1.54) is 18.3 Å². The van der Waals surface area contributed by atoms with Crippen molar-refractivity contribution in [3.63, 3.8) is 0 Å². The molecular weight excluding hydrogens is 436 g/mol. The number of aromatic nitrogens is 4. The first-order valence-corrected chi connectivity index (χ1v) is 11.4. The molecule has 0 spiro atoms. The summed E-state index contributed by atoms with van der Waals surface area (Å²) in [6.07, 6.45) is 5.12. The third-order valence-electron chi connectivity index (χ3n) is 5.49. The zero-order chi connectivity index (χ0) is 23.1. The molecule has 0 radical (unpaired) electrons.